The van der Waals surface area contributed by atoms with Crippen LogP contribution in [0.15, 0.2) is 34.4 Å². The summed E-state index contributed by atoms with van der Waals surface area (Å²) in [6, 6.07) is 7.60. The molecule has 0 spiro atoms. The third-order valence-corrected chi connectivity index (χ3v) is 6.18. The fraction of sp³-hybridized carbons (Fsp3) is 0.400. The Morgan fingerprint density at radius 2 is 1.96 bits per heavy atom. The summed E-state index contributed by atoms with van der Waals surface area (Å²) in [5.74, 6) is 2.11. The van der Waals surface area contributed by atoms with Crippen LogP contribution in [0.5, 0.6) is 0 Å². The first-order chi connectivity index (χ1) is 12.5. The number of piperidine rings is 1. The molecule has 1 fully saturated rings. The summed E-state index contributed by atoms with van der Waals surface area (Å²) in [6.45, 7) is 7.39. The standard InChI is InChI=1S/C20H22ClN3OS/c1-12-7-13(2)9-24(8-12)10-17-22-19(25)18-15(11-26-20(18)23-17)14-5-3-4-6-16(14)21/h3-6,11-13H,7-10H2,1-2H3,(H,22,23,25)/t12-,13-/m1/s1. The molecule has 1 saturated heterocycles. The Kier molecular flexibility index (Phi) is 4.86. The van der Waals surface area contributed by atoms with Gasteiger partial charge < -0.3 is 4.98 Å². The molecular weight excluding hydrogens is 366 g/mol. The van der Waals surface area contributed by atoms with Crippen LogP contribution >= 0.6 is 22.9 Å². The van der Waals surface area contributed by atoms with E-state index >= 15 is 0 Å². The van der Waals surface area contributed by atoms with Crippen molar-refractivity contribution in [2.24, 2.45) is 11.8 Å². The fourth-order valence-electron chi connectivity index (χ4n) is 4.08. The maximum atomic E-state index is 12.8. The van der Waals surface area contributed by atoms with Crippen molar-refractivity contribution in [3.8, 4) is 11.1 Å². The van der Waals surface area contributed by atoms with Gasteiger partial charge in [-0.3, -0.25) is 9.69 Å². The molecule has 0 radical (unpaired) electrons. The zero-order chi connectivity index (χ0) is 18.3. The van der Waals surface area contributed by atoms with Crippen molar-refractivity contribution in [1.82, 2.24) is 14.9 Å². The van der Waals surface area contributed by atoms with Crippen molar-refractivity contribution < 1.29 is 0 Å². The molecule has 1 aliphatic heterocycles. The Morgan fingerprint density at radius 3 is 2.69 bits per heavy atom. The van der Waals surface area contributed by atoms with E-state index in [2.05, 4.69) is 23.7 Å². The van der Waals surface area contributed by atoms with Gasteiger partial charge in [-0.15, -0.1) is 11.3 Å². The van der Waals surface area contributed by atoms with Crippen molar-refractivity contribution in [2.75, 3.05) is 13.1 Å². The lowest BCUT2D eigenvalue weighted by Crippen LogP contribution is -2.38. The predicted molar refractivity (Wildman–Crippen MR) is 109 cm³/mol. The van der Waals surface area contributed by atoms with Crippen molar-refractivity contribution >= 4 is 33.2 Å². The molecule has 3 aromatic rings. The number of aromatic nitrogens is 2. The Labute approximate surface area is 161 Å². The Balaban J connectivity index is 1.68. The number of nitrogens with zero attached hydrogens (tertiary/aromatic N) is 2. The average Bonchev–Trinajstić information content (AvgIpc) is 2.98. The maximum Gasteiger partial charge on any atom is 0.260 e. The lowest BCUT2D eigenvalue weighted by molar-refractivity contribution is 0.131. The topological polar surface area (TPSA) is 49.0 Å². The molecule has 0 amide bonds. The van der Waals surface area contributed by atoms with Crippen LogP contribution in [-0.4, -0.2) is 28.0 Å². The van der Waals surface area contributed by atoms with Crippen LogP contribution in [0.3, 0.4) is 0 Å². The van der Waals surface area contributed by atoms with Crippen molar-refractivity contribution in [3.63, 3.8) is 0 Å². The zero-order valence-corrected chi connectivity index (χ0v) is 16.5. The molecule has 6 heteroatoms. The first-order valence-corrected chi connectivity index (χ1v) is 10.2. The highest BCUT2D eigenvalue weighted by Crippen LogP contribution is 2.35. The fourth-order valence-corrected chi connectivity index (χ4v) is 5.27. The quantitative estimate of drug-likeness (QED) is 0.703. The molecular formula is C20H22ClN3OS. The SMILES string of the molecule is C[C@@H]1C[C@@H](C)CN(Cc2nc3scc(-c4ccccc4Cl)c3c(=O)[nH]2)C1. The van der Waals surface area contributed by atoms with Crippen molar-refractivity contribution in [2.45, 2.75) is 26.8 Å². The Hall–Kier alpha value is -1.69. The van der Waals surface area contributed by atoms with Gasteiger partial charge in [0, 0.05) is 34.6 Å². The average molecular weight is 388 g/mol. The maximum absolute atomic E-state index is 12.8. The molecule has 0 aliphatic carbocycles. The molecule has 4 nitrogen and oxygen atoms in total. The predicted octanol–water partition coefficient (Wildman–Crippen LogP) is 4.78. The monoisotopic (exact) mass is 387 g/mol. The molecule has 0 saturated carbocycles. The number of benzene rings is 1. The Bertz CT molecular complexity index is 986. The van der Waals surface area contributed by atoms with E-state index in [-0.39, 0.29) is 5.56 Å². The first kappa shape index (κ1) is 17.7. The highest BCUT2D eigenvalue weighted by atomic mass is 35.5. The second kappa shape index (κ2) is 7.14. The van der Waals surface area contributed by atoms with Gasteiger partial charge in [-0.2, -0.15) is 0 Å². The molecule has 1 aromatic carbocycles. The second-order valence-electron chi connectivity index (χ2n) is 7.46. The molecule has 1 N–H and O–H groups in total. The van der Waals surface area contributed by atoms with Crippen molar-refractivity contribution in [1.29, 1.82) is 0 Å². The van der Waals surface area contributed by atoms with E-state index < -0.39 is 0 Å². The minimum atomic E-state index is -0.0840. The summed E-state index contributed by atoms with van der Waals surface area (Å²) in [5, 5.41) is 3.25. The number of hydrogen-bond acceptors (Lipinski definition) is 4. The van der Waals surface area contributed by atoms with Crippen molar-refractivity contribution in [3.05, 3.63) is 50.8 Å². The number of nitrogens with one attached hydrogen (secondary N) is 1. The van der Waals surface area contributed by atoms with E-state index in [0.29, 0.717) is 28.8 Å². The van der Waals surface area contributed by atoms with Gasteiger partial charge in [0.1, 0.15) is 10.7 Å². The minimum absolute atomic E-state index is 0.0840. The number of fused-ring (bicyclic) bond motifs is 1. The number of rotatable bonds is 3. The summed E-state index contributed by atoms with van der Waals surface area (Å²) in [7, 11) is 0. The smallest absolute Gasteiger partial charge is 0.260 e. The molecule has 3 heterocycles. The van der Waals surface area contributed by atoms with E-state index in [1.165, 1.54) is 17.8 Å². The highest BCUT2D eigenvalue weighted by Gasteiger charge is 2.23. The lowest BCUT2D eigenvalue weighted by atomic mass is 9.92. The molecule has 2 aromatic heterocycles. The van der Waals surface area contributed by atoms with Crippen LogP contribution in [0.4, 0.5) is 0 Å². The van der Waals surface area contributed by atoms with Gasteiger partial charge in [0.05, 0.1) is 11.9 Å². The number of halogens is 1. The molecule has 4 rings (SSSR count). The second-order valence-corrected chi connectivity index (χ2v) is 8.73. The summed E-state index contributed by atoms with van der Waals surface area (Å²) < 4.78 is 0. The largest absolute Gasteiger partial charge is 0.309 e. The van der Waals surface area contributed by atoms with Gasteiger partial charge in [-0.1, -0.05) is 43.6 Å². The Morgan fingerprint density at radius 1 is 1.23 bits per heavy atom. The van der Waals surface area contributed by atoms with Gasteiger partial charge in [0.2, 0.25) is 0 Å². The van der Waals surface area contributed by atoms with Crippen LogP contribution in [0.25, 0.3) is 21.3 Å². The number of H-pyrrole nitrogens is 1. The van der Waals surface area contributed by atoms with Gasteiger partial charge in [-0.25, -0.2) is 4.98 Å². The third kappa shape index (κ3) is 3.43. The van der Waals surface area contributed by atoms with E-state index in [9.17, 15) is 4.79 Å². The van der Waals surface area contributed by atoms with Gasteiger partial charge in [0.15, 0.2) is 0 Å². The van der Waals surface area contributed by atoms with Crippen LogP contribution in [0.2, 0.25) is 5.02 Å². The summed E-state index contributed by atoms with van der Waals surface area (Å²) in [5.41, 5.74) is 1.65. The molecule has 2 atom stereocenters. The molecule has 1 aliphatic rings. The number of likely N-dealkylation sites (tertiary alicyclic amines) is 1. The van der Waals surface area contributed by atoms with E-state index in [1.54, 1.807) is 0 Å². The van der Waals surface area contributed by atoms with Crippen LogP contribution in [0, 0.1) is 11.8 Å². The van der Waals surface area contributed by atoms with Crippen LogP contribution < -0.4 is 5.56 Å². The molecule has 136 valence electrons. The van der Waals surface area contributed by atoms with Crippen LogP contribution in [-0.2, 0) is 6.54 Å². The number of hydrogen-bond donors (Lipinski definition) is 1. The number of aromatic amines is 1. The van der Waals surface area contributed by atoms with E-state index in [1.807, 2.05) is 29.6 Å². The molecule has 0 unspecified atom stereocenters. The molecule has 26 heavy (non-hydrogen) atoms. The molecule has 0 bridgehead atoms. The third-order valence-electron chi connectivity index (χ3n) is 4.97. The highest BCUT2D eigenvalue weighted by molar-refractivity contribution is 7.17. The van der Waals surface area contributed by atoms with Gasteiger partial charge >= 0.3 is 0 Å². The van der Waals surface area contributed by atoms with Crippen LogP contribution in [0.1, 0.15) is 26.1 Å². The zero-order valence-electron chi connectivity index (χ0n) is 15.0. The normalized spacial score (nSPS) is 21.3. The lowest BCUT2D eigenvalue weighted by Gasteiger charge is -2.34. The summed E-state index contributed by atoms with van der Waals surface area (Å²) in [6.07, 6.45) is 1.27. The van der Waals surface area contributed by atoms with Gasteiger partial charge in [-0.05, 0) is 24.3 Å². The van der Waals surface area contributed by atoms with Gasteiger partial charge in [0.25, 0.3) is 5.56 Å². The summed E-state index contributed by atoms with van der Waals surface area (Å²) >= 11 is 7.82. The van der Waals surface area contributed by atoms with E-state index in [0.717, 1.165) is 34.9 Å². The van der Waals surface area contributed by atoms with E-state index in [4.69, 9.17) is 16.6 Å². The first-order valence-electron chi connectivity index (χ1n) is 8.99. The minimum Gasteiger partial charge on any atom is -0.309 e. The number of thiophene rings is 1. The summed E-state index contributed by atoms with van der Waals surface area (Å²) in [4.78, 5) is 23.7.